The Hall–Kier alpha value is -4.18. The van der Waals surface area contributed by atoms with E-state index < -0.39 is 4.92 Å². The second kappa shape index (κ2) is 8.75. The third-order valence-corrected chi connectivity index (χ3v) is 5.62. The van der Waals surface area contributed by atoms with Crippen molar-refractivity contribution in [1.82, 2.24) is 19.9 Å². The molecule has 10 heteroatoms. The highest BCUT2D eigenvalue weighted by molar-refractivity contribution is 5.82. The van der Waals surface area contributed by atoms with Crippen molar-refractivity contribution < 1.29 is 9.66 Å². The molecule has 2 aromatic carbocycles. The Bertz CT molecular complexity index is 1280. The largest absolute Gasteiger partial charge is 0.438 e. The van der Waals surface area contributed by atoms with Gasteiger partial charge in [0.2, 0.25) is 11.8 Å². The zero-order valence-corrected chi connectivity index (χ0v) is 18.1. The first-order valence-electron chi connectivity index (χ1n) is 10.6. The average Bonchev–Trinajstić information content (AvgIpc) is 3.29. The Balaban J connectivity index is 1.37. The summed E-state index contributed by atoms with van der Waals surface area (Å²) in [7, 11) is 2.14. The van der Waals surface area contributed by atoms with Gasteiger partial charge in [-0.3, -0.25) is 10.1 Å². The van der Waals surface area contributed by atoms with Gasteiger partial charge in [-0.2, -0.15) is 9.97 Å². The van der Waals surface area contributed by atoms with Crippen molar-refractivity contribution in [2.24, 2.45) is 0 Å². The van der Waals surface area contributed by atoms with E-state index in [-0.39, 0.29) is 5.69 Å². The number of nitrogens with zero attached hydrogens (tertiary/aromatic N) is 5. The molecule has 1 saturated heterocycles. The number of nitro benzene ring substituents is 1. The number of rotatable bonds is 6. The highest BCUT2D eigenvalue weighted by atomic mass is 16.6. The molecule has 2 aromatic heterocycles. The van der Waals surface area contributed by atoms with Gasteiger partial charge in [-0.15, -0.1) is 0 Å². The Morgan fingerprint density at radius 3 is 2.61 bits per heavy atom. The molecule has 0 bridgehead atoms. The quantitative estimate of drug-likeness (QED) is 0.336. The fourth-order valence-corrected chi connectivity index (χ4v) is 3.77. The van der Waals surface area contributed by atoms with Crippen LogP contribution in [0.1, 0.15) is 0 Å². The summed E-state index contributed by atoms with van der Waals surface area (Å²) >= 11 is 0. The van der Waals surface area contributed by atoms with Crippen LogP contribution in [-0.4, -0.2) is 58.0 Å². The molecule has 0 aliphatic carbocycles. The Labute approximate surface area is 190 Å². The number of hydrogen-bond acceptors (Lipinski definition) is 8. The standard InChI is InChI=1S/C23H23N7O3/c1-28-11-13-29(14-12-28)17-7-5-16(6-8-17)25-23-26-21-20(9-10-24-21)22(27-23)33-19-4-2-3-18(15-19)30(31)32/h2-10,15H,11-14H2,1H3,(H2,24,25,26,27). The lowest BCUT2D eigenvalue weighted by atomic mass is 10.2. The number of likely N-dealkylation sites (N-methyl/N-ethyl adjacent to an activating group) is 1. The smallest absolute Gasteiger partial charge is 0.273 e. The lowest BCUT2D eigenvalue weighted by Crippen LogP contribution is -2.44. The van der Waals surface area contributed by atoms with Crippen molar-refractivity contribution in [2.75, 3.05) is 43.4 Å². The number of aromatic amines is 1. The van der Waals surface area contributed by atoms with Crippen LogP contribution in [0.3, 0.4) is 0 Å². The van der Waals surface area contributed by atoms with Crippen molar-refractivity contribution in [1.29, 1.82) is 0 Å². The molecule has 1 fully saturated rings. The molecule has 4 aromatic rings. The van der Waals surface area contributed by atoms with E-state index in [2.05, 4.69) is 49.2 Å². The first-order chi connectivity index (χ1) is 16.0. The van der Waals surface area contributed by atoms with Crippen LogP contribution in [0.5, 0.6) is 11.6 Å². The van der Waals surface area contributed by atoms with Crippen molar-refractivity contribution in [3.8, 4) is 11.6 Å². The van der Waals surface area contributed by atoms with E-state index in [1.165, 1.54) is 17.8 Å². The number of aromatic nitrogens is 3. The molecule has 10 nitrogen and oxygen atoms in total. The first-order valence-corrected chi connectivity index (χ1v) is 10.6. The molecule has 5 rings (SSSR count). The molecule has 0 radical (unpaired) electrons. The van der Waals surface area contributed by atoms with Gasteiger partial charge in [0.25, 0.3) is 5.69 Å². The molecule has 33 heavy (non-hydrogen) atoms. The topological polar surface area (TPSA) is 112 Å². The Morgan fingerprint density at radius 1 is 1.06 bits per heavy atom. The number of fused-ring (bicyclic) bond motifs is 1. The molecule has 0 spiro atoms. The summed E-state index contributed by atoms with van der Waals surface area (Å²) in [5.41, 5.74) is 2.58. The number of piperazine rings is 1. The number of nitrogens with one attached hydrogen (secondary N) is 2. The van der Waals surface area contributed by atoms with E-state index in [0.29, 0.717) is 28.6 Å². The van der Waals surface area contributed by atoms with Gasteiger partial charge in [0.05, 0.1) is 16.4 Å². The van der Waals surface area contributed by atoms with E-state index in [1.807, 2.05) is 12.1 Å². The van der Waals surface area contributed by atoms with Gasteiger partial charge >= 0.3 is 0 Å². The van der Waals surface area contributed by atoms with Gasteiger partial charge in [0.15, 0.2) is 0 Å². The molecule has 2 N–H and O–H groups in total. The van der Waals surface area contributed by atoms with E-state index >= 15 is 0 Å². The van der Waals surface area contributed by atoms with Crippen LogP contribution in [0.4, 0.5) is 23.0 Å². The van der Waals surface area contributed by atoms with Crippen LogP contribution in [0.15, 0.2) is 60.8 Å². The minimum absolute atomic E-state index is 0.0503. The molecule has 0 amide bonds. The molecule has 3 heterocycles. The lowest BCUT2D eigenvalue weighted by molar-refractivity contribution is -0.384. The van der Waals surface area contributed by atoms with E-state index in [9.17, 15) is 10.1 Å². The molecule has 0 saturated carbocycles. The highest BCUT2D eigenvalue weighted by Gasteiger charge is 2.15. The average molecular weight is 445 g/mol. The third-order valence-electron chi connectivity index (χ3n) is 5.62. The molecular formula is C23H23N7O3. The van der Waals surface area contributed by atoms with Crippen LogP contribution < -0.4 is 15.0 Å². The SMILES string of the molecule is CN1CCN(c2ccc(Nc3nc(Oc4cccc([N+](=O)[O-])c4)c4cc[nH]c4n3)cc2)CC1. The molecule has 1 aliphatic heterocycles. The highest BCUT2D eigenvalue weighted by Crippen LogP contribution is 2.31. The summed E-state index contributed by atoms with van der Waals surface area (Å²) in [6.07, 6.45) is 1.74. The molecular weight excluding hydrogens is 422 g/mol. The summed E-state index contributed by atoms with van der Waals surface area (Å²) in [6, 6.07) is 16.0. The second-order valence-corrected chi connectivity index (χ2v) is 7.91. The minimum Gasteiger partial charge on any atom is -0.438 e. The number of non-ortho nitro benzene ring substituents is 1. The summed E-state index contributed by atoms with van der Waals surface area (Å²) in [4.78, 5) is 27.4. The van der Waals surface area contributed by atoms with Crippen molar-refractivity contribution in [2.45, 2.75) is 0 Å². The van der Waals surface area contributed by atoms with E-state index in [1.54, 1.807) is 24.4 Å². The number of nitro groups is 1. The first kappa shape index (κ1) is 20.7. The maximum absolute atomic E-state index is 11.1. The molecule has 1 aliphatic rings. The van der Waals surface area contributed by atoms with Gasteiger partial charge in [0.1, 0.15) is 11.4 Å². The fraction of sp³-hybridized carbons (Fsp3) is 0.217. The van der Waals surface area contributed by atoms with Gasteiger partial charge in [-0.25, -0.2) is 0 Å². The monoisotopic (exact) mass is 445 g/mol. The number of H-pyrrole nitrogens is 1. The van der Waals surface area contributed by atoms with Crippen LogP contribution >= 0.6 is 0 Å². The maximum Gasteiger partial charge on any atom is 0.273 e. The van der Waals surface area contributed by atoms with Gasteiger partial charge in [-0.1, -0.05) is 6.07 Å². The number of benzene rings is 2. The van der Waals surface area contributed by atoms with Crippen molar-refractivity contribution >= 4 is 34.0 Å². The lowest BCUT2D eigenvalue weighted by Gasteiger charge is -2.34. The summed E-state index contributed by atoms with van der Waals surface area (Å²) in [5.74, 6) is 0.990. The van der Waals surface area contributed by atoms with Crippen LogP contribution in [0, 0.1) is 10.1 Å². The zero-order chi connectivity index (χ0) is 22.8. The minimum atomic E-state index is -0.461. The molecule has 0 unspecified atom stereocenters. The molecule has 168 valence electrons. The third kappa shape index (κ3) is 4.55. The summed E-state index contributed by atoms with van der Waals surface area (Å²) < 4.78 is 5.90. The predicted octanol–water partition coefficient (Wildman–Crippen LogP) is 4.15. The number of hydrogen-bond donors (Lipinski definition) is 2. The number of anilines is 3. The van der Waals surface area contributed by atoms with Gasteiger partial charge in [-0.05, 0) is 43.4 Å². The predicted molar refractivity (Wildman–Crippen MR) is 126 cm³/mol. The van der Waals surface area contributed by atoms with E-state index in [0.717, 1.165) is 31.9 Å². The van der Waals surface area contributed by atoms with Crippen molar-refractivity contribution in [3.05, 3.63) is 70.9 Å². The van der Waals surface area contributed by atoms with Gasteiger partial charge < -0.3 is 24.8 Å². The normalized spacial score (nSPS) is 14.4. The Kier molecular flexibility index (Phi) is 5.49. The van der Waals surface area contributed by atoms with Crippen molar-refractivity contribution in [3.63, 3.8) is 0 Å². The number of ether oxygens (including phenoxy) is 1. The van der Waals surface area contributed by atoms with Crippen LogP contribution in [0.25, 0.3) is 11.0 Å². The van der Waals surface area contributed by atoms with Crippen LogP contribution in [0.2, 0.25) is 0 Å². The summed E-state index contributed by atoms with van der Waals surface area (Å²) in [6.45, 7) is 4.12. The fourth-order valence-electron chi connectivity index (χ4n) is 3.77. The molecule has 0 atom stereocenters. The second-order valence-electron chi connectivity index (χ2n) is 7.91. The van der Waals surface area contributed by atoms with Gasteiger partial charge in [0, 0.05) is 49.8 Å². The Morgan fingerprint density at radius 2 is 1.85 bits per heavy atom. The zero-order valence-electron chi connectivity index (χ0n) is 18.1. The maximum atomic E-state index is 11.1. The summed E-state index contributed by atoms with van der Waals surface area (Å²) in [5, 5.41) is 15.0. The van der Waals surface area contributed by atoms with Crippen LogP contribution in [-0.2, 0) is 0 Å². The van der Waals surface area contributed by atoms with E-state index in [4.69, 9.17) is 4.74 Å².